The van der Waals surface area contributed by atoms with E-state index < -0.39 is 0 Å². The molecule has 0 spiro atoms. The molecule has 0 heterocycles. The summed E-state index contributed by atoms with van der Waals surface area (Å²) in [5.74, 6) is 0.466. The minimum atomic E-state index is -0.279. The van der Waals surface area contributed by atoms with Gasteiger partial charge in [-0.25, -0.2) is 4.79 Å². The highest BCUT2D eigenvalue weighted by Gasteiger charge is 2.29. The standard InChI is InChI=1S/C18H25ClN2O2/c19-14-7-3-6-13(10-14)17(12-4-1-2-5-12)21-18(23)20-15-8-9-16(22)11-15/h3,6-7,10,12,15-17,22H,1-2,4-5,8-9,11H2,(H2,20,21,23). The fourth-order valence-corrected chi connectivity index (χ4v) is 4.12. The van der Waals surface area contributed by atoms with Crippen LogP contribution in [0.25, 0.3) is 0 Å². The van der Waals surface area contributed by atoms with Crippen LogP contribution < -0.4 is 10.6 Å². The first-order chi connectivity index (χ1) is 11.1. The fraction of sp³-hybridized carbons (Fsp3) is 0.611. The summed E-state index contributed by atoms with van der Waals surface area (Å²) in [5, 5.41) is 16.4. The van der Waals surface area contributed by atoms with Crippen molar-refractivity contribution in [1.82, 2.24) is 10.6 Å². The molecule has 0 bridgehead atoms. The molecule has 2 aliphatic carbocycles. The molecule has 3 unspecified atom stereocenters. The topological polar surface area (TPSA) is 61.4 Å². The van der Waals surface area contributed by atoms with Crippen molar-refractivity contribution in [2.75, 3.05) is 0 Å². The molecule has 0 radical (unpaired) electrons. The number of carbonyl (C=O) groups excluding carboxylic acids is 1. The van der Waals surface area contributed by atoms with Gasteiger partial charge in [0.1, 0.15) is 0 Å². The highest BCUT2D eigenvalue weighted by atomic mass is 35.5. The molecule has 126 valence electrons. The zero-order chi connectivity index (χ0) is 16.2. The summed E-state index contributed by atoms with van der Waals surface area (Å²) < 4.78 is 0. The normalized spacial score (nSPS) is 26.2. The minimum Gasteiger partial charge on any atom is -0.393 e. The maximum Gasteiger partial charge on any atom is 0.315 e. The molecule has 2 fully saturated rings. The molecular weight excluding hydrogens is 312 g/mol. The van der Waals surface area contributed by atoms with Gasteiger partial charge in [0, 0.05) is 11.1 Å². The number of aliphatic hydroxyl groups is 1. The van der Waals surface area contributed by atoms with Gasteiger partial charge in [-0.15, -0.1) is 0 Å². The number of halogens is 1. The van der Waals surface area contributed by atoms with E-state index >= 15 is 0 Å². The Balaban J connectivity index is 1.67. The molecule has 23 heavy (non-hydrogen) atoms. The van der Waals surface area contributed by atoms with Crippen molar-refractivity contribution in [3.63, 3.8) is 0 Å². The molecule has 4 nitrogen and oxygen atoms in total. The number of nitrogens with one attached hydrogen (secondary N) is 2. The van der Waals surface area contributed by atoms with Gasteiger partial charge in [0.25, 0.3) is 0 Å². The maximum atomic E-state index is 12.4. The first-order valence-corrected chi connectivity index (χ1v) is 9.00. The summed E-state index contributed by atoms with van der Waals surface area (Å²) >= 11 is 6.13. The van der Waals surface area contributed by atoms with Crippen LogP contribution in [0, 0.1) is 5.92 Å². The van der Waals surface area contributed by atoms with Crippen LogP contribution in [0.4, 0.5) is 4.79 Å². The number of carbonyl (C=O) groups is 1. The van der Waals surface area contributed by atoms with Gasteiger partial charge in [-0.05, 0) is 55.7 Å². The molecule has 3 N–H and O–H groups in total. The molecule has 0 saturated heterocycles. The second-order valence-corrected chi connectivity index (χ2v) is 7.30. The molecule has 0 aromatic heterocycles. The van der Waals surface area contributed by atoms with Gasteiger partial charge in [-0.3, -0.25) is 0 Å². The monoisotopic (exact) mass is 336 g/mol. The van der Waals surface area contributed by atoms with E-state index in [0.29, 0.717) is 17.4 Å². The van der Waals surface area contributed by atoms with Crippen LogP contribution in [0.3, 0.4) is 0 Å². The van der Waals surface area contributed by atoms with E-state index in [9.17, 15) is 9.90 Å². The number of aliphatic hydroxyl groups excluding tert-OH is 1. The van der Waals surface area contributed by atoms with Crippen LogP contribution in [0.5, 0.6) is 0 Å². The summed E-state index contributed by atoms with van der Waals surface area (Å²) in [4.78, 5) is 12.4. The molecule has 1 aromatic rings. The van der Waals surface area contributed by atoms with Crippen LogP contribution in [0.1, 0.15) is 56.6 Å². The van der Waals surface area contributed by atoms with Crippen molar-refractivity contribution in [2.45, 2.75) is 63.1 Å². The quantitative estimate of drug-likeness (QED) is 0.783. The number of urea groups is 1. The van der Waals surface area contributed by atoms with Crippen molar-refractivity contribution in [3.05, 3.63) is 34.9 Å². The lowest BCUT2D eigenvalue weighted by atomic mass is 9.92. The van der Waals surface area contributed by atoms with Crippen molar-refractivity contribution < 1.29 is 9.90 Å². The molecule has 3 atom stereocenters. The summed E-state index contributed by atoms with van der Waals surface area (Å²) in [6.07, 6.45) is 6.71. The van der Waals surface area contributed by atoms with Gasteiger partial charge >= 0.3 is 6.03 Å². The van der Waals surface area contributed by atoms with Gasteiger partial charge in [0.05, 0.1) is 12.1 Å². The first-order valence-electron chi connectivity index (χ1n) is 8.62. The van der Waals surface area contributed by atoms with E-state index in [1.165, 1.54) is 12.8 Å². The number of rotatable bonds is 4. The SMILES string of the molecule is O=C(NC1CCC(O)C1)NC(c1cccc(Cl)c1)C1CCCC1. The van der Waals surface area contributed by atoms with Crippen molar-refractivity contribution >= 4 is 17.6 Å². The van der Waals surface area contributed by atoms with E-state index in [1.54, 1.807) is 0 Å². The van der Waals surface area contributed by atoms with Crippen LogP contribution in [0.15, 0.2) is 24.3 Å². The van der Waals surface area contributed by atoms with Gasteiger partial charge in [-0.2, -0.15) is 0 Å². The third-order valence-corrected chi connectivity index (χ3v) is 5.34. The Morgan fingerprint density at radius 1 is 1.22 bits per heavy atom. The average molecular weight is 337 g/mol. The zero-order valence-electron chi connectivity index (χ0n) is 13.3. The molecule has 5 heteroatoms. The van der Waals surface area contributed by atoms with Gasteiger partial charge in [0.15, 0.2) is 0 Å². The third-order valence-electron chi connectivity index (χ3n) is 5.11. The van der Waals surface area contributed by atoms with Crippen LogP contribution >= 0.6 is 11.6 Å². The van der Waals surface area contributed by atoms with E-state index in [4.69, 9.17) is 11.6 Å². The van der Waals surface area contributed by atoms with Crippen LogP contribution in [-0.2, 0) is 0 Å². The van der Waals surface area contributed by atoms with Crippen LogP contribution in [0.2, 0.25) is 5.02 Å². The fourth-order valence-electron chi connectivity index (χ4n) is 3.92. The molecule has 1 aromatic carbocycles. The molecule has 0 aliphatic heterocycles. The predicted octanol–water partition coefficient (Wildman–Crippen LogP) is 3.78. The second-order valence-electron chi connectivity index (χ2n) is 6.86. The number of benzene rings is 1. The summed E-state index contributed by atoms with van der Waals surface area (Å²) in [5.41, 5.74) is 1.08. The van der Waals surface area contributed by atoms with E-state index in [2.05, 4.69) is 10.6 Å². The lowest BCUT2D eigenvalue weighted by molar-refractivity contribution is 0.179. The molecule has 2 saturated carbocycles. The second kappa shape index (κ2) is 7.54. The Labute approximate surface area is 142 Å². The van der Waals surface area contributed by atoms with Gasteiger partial charge in [-0.1, -0.05) is 36.6 Å². The summed E-state index contributed by atoms with van der Waals surface area (Å²) in [6.45, 7) is 0. The van der Waals surface area contributed by atoms with Gasteiger partial charge < -0.3 is 15.7 Å². The van der Waals surface area contributed by atoms with E-state index in [0.717, 1.165) is 31.2 Å². The Morgan fingerprint density at radius 2 is 2.00 bits per heavy atom. The lowest BCUT2D eigenvalue weighted by Crippen LogP contribution is -2.44. The zero-order valence-corrected chi connectivity index (χ0v) is 14.1. The predicted molar refractivity (Wildman–Crippen MR) is 91.5 cm³/mol. The minimum absolute atomic E-state index is 0.00234. The number of hydrogen-bond acceptors (Lipinski definition) is 2. The highest BCUT2D eigenvalue weighted by Crippen LogP contribution is 2.36. The van der Waals surface area contributed by atoms with E-state index in [1.807, 2.05) is 24.3 Å². The Kier molecular flexibility index (Phi) is 5.44. The molecule has 2 amide bonds. The first kappa shape index (κ1) is 16.6. The Bertz CT molecular complexity index is 546. The Hall–Kier alpha value is -1.26. The average Bonchev–Trinajstić information content (AvgIpc) is 3.17. The smallest absolute Gasteiger partial charge is 0.315 e. The highest BCUT2D eigenvalue weighted by molar-refractivity contribution is 6.30. The summed E-state index contributed by atoms with van der Waals surface area (Å²) in [6, 6.07) is 7.72. The maximum absolute atomic E-state index is 12.4. The third kappa shape index (κ3) is 4.39. The molecular formula is C18H25ClN2O2. The summed E-state index contributed by atoms with van der Waals surface area (Å²) in [7, 11) is 0. The van der Waals surface area contributed by atoms with Crippen molar-refractivity contribution in [3.8, 4) is 0 Å². The van der Waals surface area contributed by atoms with Crippen molar-refractivity contribution in [2.24, 2.45) is 5.92 Å². The van der Waals surface area contributed by atoms with Crippen molar-refractivity contribution in [1.29, 1.82) is 0 Å². The molecule has 2 aliphatic rings. The van der Waals surface area contributed by atoms with E-state index in [-0.39, 0.29) is 24.2 Å². The largest absolute Gasteiger partial charge is 0.393 e. The number of amides is 2. The molecule has 3 rings (SSSR count). The lowest BCUT2D eigenvalue weighted by Gasteiger charge is -2.26. The van der Waals surface area contributed by atoms with Crippen LogP contribution in [-0.4, -0.2) is 23.3 Å². The van der Waals surface area contributed by atoms with Gasteiger partial charge in [0.2, 0.25) is 0 Å². The Morgan fingerprint density at radius 3 is 2.65 bits per heavy atom. The number of hydrogen-bond donors (Lipinski definition) is 3.